The van der Waals surface area contributed by atoms with E-state index in [0.29, 0.717) is 22.7 Å². The highest BCUT2D eigenvalue weighted by Gasteiger charge is 2.13. The summed E-state index contributed by atoms with van der Waals surface area (Å²) in [5.41, 5.74) is 7.30. The van der Waals surface area contributed by atoms with E-state index in [4.69, 9.17) is 20.3 Å². The zero-order valence-electron chi connectivity index (χ0n) is 14.0. The number of methoxy groups -OCH3 is 2. The van der Waals surface area contributed by atoms with Crippen LogP contribution in [0.2, 0.25) is 0 Å². The van der Waals surface area contributed by atoms with Crippen LogP contribution in [-0.4, -0.2) is 37.2 Å². The first-order valence-corrected chi connectivity index (χ1v) is 7.55. The fraction of sp³-hybridized carbons (Fsp3) is 0.222. The van der Waals surface area contributed by atoms with Crippen molar-refractivity contribution in [2.45, 2.75) is 12.5 Å². The molecule has 0 fully saturated rings. The summed E-state index contributed by atoms with van der Waals surface area (Å²) in [6.45, 7) is 0. The number of benzene rings is 2. The molecular weight excluding hydrogens is 324 g/mol. The summed E-state index contributed by atoms with van der Waals surface area (Å²) in [6.07, 6.45) is 0.221. The molecule has 0 aliphatic carbocycles. The van der Waals surface area contributed by atoms with Gasteiger partial charge in [0.2, 0.25) is 0 Å². The lowest BCUT2D eigenvalue weighted by atomic mass is 10.1. The van der Waals surface area contributed by atoms with Crippen molar-refractivity contribution in [3.05, 3.63) is 53.6 Å². The highest BCUT2D eigenvalue weighted by Crippen LogP contribution is 2.27. The number of carbonyl (C=O) groups excluding carboxylic acids is 1. The molecule has 132 valence electrons. The molecule has 0 saturated carbocycles. The highest BCUT2D eigenvalue weighted by atomic mass is 16.5. The van der Waals surface area contributed by atoms with Crippen molar-refractivity contribution >= 4 is 17.6 Å². The number of nitrogens with two attached hydrogens (primary N) is 1. The van der Waals surface area contributed by atoms with Crippen molar-refractivity contribution in [3.63, 3.8) is 0 Å². The number of carbonyl (C=O) groups is 2. The first-order chi connectivity index (χ1) is 11.9. The molecule has 0 heterocycles. The van der Waals surface area contributed by atoms with Crippen LogP contribution < -0.4 is 20.5 Å². The van der Waals surface area contributed by atoms with Crippen LogP contribution in [0, 0.1) is 0 Å². The molecule has 2 rings (SSSR count). The fourth-order valence-corrected chi connectivity index (χ4v) is 2.25. The van der Waals surface area contributed by atoms with Gasteiger partial charge in [-0.25, -0.2) is 0 Å². The maximum absolute atomic E-state index is 12.3. The number of hydrogen-bond donors (Lipinski definition) is 3. The Labute approximate surface area is 145 Å². The van der Waals surface area contributed by atoms with Crippen LogP contribution in [0.25, 0.3) is 0 Å². The molecule has 0 aliphatic rings. The quantitative estimate of drug-likeness (QED) is 0.707. The van der Waals surface area contributed by atoms with Crippen LogP contribution in [0.5, 0.6) is 11.5 Å². The maximum Gasteiger partial charge on any atom is 0.320 e. The molecule has 1 amide bonds. The summed E-state index contributed by atoms with van der Waals surface area (Å²) < 4.78 is 10.3. The van der Waals surface area contributed by atoms with Crippen LogP contribution in [0.1, 0.15) is 15.9 Å². The van der Waals surface area contributed by atoms with E-state index in [1.165, 1.54) is 14.2 Å². The summed E-state index contributed by atoms with van der Waals surface area (Å²) in [7, 11) is 3.02. The van der Waals surface area contributed by atoms with E-state index in [-0.39, 0.29) is 12.3 Å². The lowest BCUT2D eigenvalue weighted by Gasteiger charge is -2.11. The third-order valence-corrected chi connectivity index (χ3v) is 3.63. The van der Waals surface area contributed by atoms with E-state index in [2.05, 4.69) is 5.32 Å². The van der Waals surface area contributed by atoms with Gasteiger partial charge in [0.1, 0.15) is 6.04 Å². The van der Waals surface area contributed by atoms with Crippen LogP contribution in [0.4, 0.5) is 5.69 Å². The van der Waals surface area contributed by atoms with Crippen molar-refractivity contribution in [1.82, 2.24) is 0 Å². The van der Waals surface area contributed by atoms with Crippen LogP contribution in [0.15, 0.2) is 42.5 Å². The number of anilines is 1. The van der Waals surface area contributed by atoms with Gasteiger partial charge in [-0.05, 0) is 42.3 Å². The molecule has 0 spiro atoms. The van der Waals surface area contributed by atoms with E-state index < -0.39 is 12.0 Å². The lowest BCUT2D eigenvalue weighted by Crippen LogP contribution is -2.32. The lowest BCUT2D eigenvalue weighted by molar-refractivity contribution is -0.138. The Bertz CT molecular complexity index is 759. The summed E-state index contributed by atoms with van der Waals surface area (Å²) in [5.74, 6) is -0.340. The number of ether oxygens (including phenoxy) is 2. The van der Waals surface area contributed by atoms with E-state index in [9.17, 15) is 9.59 Å². The SMILES string of the molecule is COc1ccc(C(=O)Nc2ccc(C[C@H](N)C(=O)O)cc2)cc1OC. The zero-order valence-corrected chi connectivity index (χ0v) is 14.0. The predicted octanol–water partition coefficient (Wildman–Crippen LogP) is 1.91. The number of carboxylic acids is 1. The van der Waals surface area contributed by atoms with Crippen molar-refractivity contribution in [2.24, 2.45) is 5.73 Å². The summed E-state index contributed by atoms with van der Waals surface area (Å²) in [4.78, 5) is 23.1. The molecule has 2 aromatic rings. The zero-order chi connectivity index (χ0) is 18.4. The number of carboxylic acid groups (broad SMARTS) is 1. The van der Waals surface area contributed by atoms with Crippen LogP contribution in [-0.2, 0) is 11.2 Å². The van der Waals surface area contributed by atoms with E-state index >= 15 is 0 Å². The summed E-state index contributed by atoms with van der Waals surface area (Å²) >= 11 is 0. The van der Waals surface area contributed by atoms with Gasteiger partial charge >= 0.3 is 5.97 Å². The monoisotopic (exact) mass is 344 g/mol. The number of aliphatic carboxylic acids is 1. The molecule has 4 N–H and O–H groups in total. The first-order valence-electron chi connectivity index (χ1n) is 7.55. The van der Waals surface area contributed by atoms with Gasteiger partial charge in [-0.3, -0.25) is 9.59 Å². The van der Waals surface area contributed by atoms with E-state index in [1.54, 1.807) is 42.5 Å². The van der Waals surface area contributed by atoms with Crippen LogP contribution >= 0.6 is 0 Å². The highest BCUT2D eigenvalue weighted by molar-refractivity contribution is 6.04. The Morgan fingerprint density at radius 3 is 2.28 bits per heavy atom. The summed E-state index contributed by atoms with van der Waals surface area (Å²) in [6, 6.07) is 10.8. The molecule has 0 bridgehead atoms. The normalized spacial score (nSPS) is 11.5. The van der Waals surface area contributed by atoms with Gasteiger partial charge in [-0.15, -0.1) is 0 Å². The molecule has 0 unspecified atom stereocenters. The second kappa shape index (κ2) is 8.16. The molecule has 0 aromatic heterocycles. The molecular formula is C18H20N2O5. The molecule has 0 saturated heterocycles. The number of nitrogens with one attached hydrogen (secondary N) is 1. The third-order valence-electron chi connectivity index (χ3n) is 3.63. The third kappa shape index (κ3) is 4.71. The standard InChI is InChI=1S/C18H20N2O5/c1-24-15-8-5-12(10-16(15)25-2)17(21)20-13-6-3-11(4-7-13)9-14(19)18(22)23/h3-8,10,14H,9,19H2,1-2H3,(H,20,21)(H,22,23)/t14-/m0/s1. The van der Waals surface area contributed by atoms with Gasteiger partial charge in [0.15, 0.2) is 11.5 Å². The van der Waals surface area contributed by atoms with Gasteiger partial charge < -0.3 is 25.6 Å². The average Bonchev–Trinajstić information content (AvgIpc) is 2.62. The predicted molar refractivity (Wildman–Crippen MR) is 93.3 cm³/mol. The molecule has 7 nitrogen and oxygen atoms in total. The van der Waals surface area contributed by atoms with Crippen molar-refractivity contribution in [2.75, 3.05) is 19.5 Å². The fourth-order valence-electron chi connectivity index (χ4n) is 2.25. The Hall–Kier alpha value is -3.06. The molecule has 25 heavy (non-hydrogen) atoms. The molecule has 2 aromatic carbocycles. The summed E-state index contributed by atoms with van der Waals surface area (Å²) in [5, 5.41) is 11.6. The van der Waals surface area contributed by atoms with Crippen molar-refractivity contribution in [1.29, 1.82) is 0 Å². The molecule has 0 radical (unpaired) electrons. The minimum Gasteiger partial charge on any atom is -0.493 e. The minimum absolute atomic E-state index is 0.221. The van der Waals surface area contributed by atoms with E-state index in [1.807, 2.05) is 0 Å². The molecule has 1 atom stereocenters. The van der Waals surface area contributed by atoms with Gasteiger partial charge in [-0.1, -0.05) is 12.1 Å². The van der Waals surface area contributed by atoms with E-state index in [0.717, 1.165) is 5.56 Å². The second-order valence-corrected chi connectivity index (χ2v) is 5.37. The molecule has 7 heteroatoms. The van der Waals surface area contributed by atoms with Crippen molar-refractivity contribution in [3.8, 4) is 11.5 Å². The Morgan fingerprint density at radius 1 is 1.08 bits per heavy atom. The molecule has 0 aliphatic heterocycles. The van der Waals surface area contributed by atoms with Crippen LogP contribution in [0.3, 0.4) is 0 Å². The van der Waals surface area contributed by atoms with Crippen molar-refractivity contribution < 1.29 is 24.2 Å². The van der Waals surface area contributed by atoms with Gasteiger partial charge in [0.05, 0.1) is 14.2 Å². The Kier molecular flexibility index (Phi) is 5.97. The second-order valence-electron chi connectivity index (χ2n) is 5.37. The largest absolute Gasteiger partial charge is 0.493 e. The first kappa shape index (κ1) is 18.3. The average molecular weight is 344 g/mol. The van der Waals surface area contributed by atoms with Gasteiger partial charge in [-0.2, -0.15) is 0 Å². The number of rotatable bonds is 7. The Balaban J connectivity index is 2.06. The van der Waals surface area contributed by atoms with Gasteiger partial charge in [0.25, 0.3) is 5.91 Å². The van der Waals surface area contributed by atoms with Gasteiger partial charge in [0, 0.05) is 11.3 Å². The smallest absolute Gasteiger partial charge is 0.320 e. The maximum atomic E-state index is 12.3. The Morgan fingerprint density at radius 2 is 1.72 bits per heavy atom. The minimum atomic E-state index is -1.05. The number of amides is 1. The topological polar surface area (TPSA) is 111 Å². The number of hydrogen-bond acceptors (Lipinski definition) is 5.